The van der Waals surface area contributed by atoms with Crippen LogP contribution in [0.1, 0.15) is 96.8 Å². The number of hydrogen-bond donors (Lipinski definition) is 7. The molecule has 42 heavy (non-hydrogen) atoms. The van der Waals surface area contributed by atoms with Crippen molar-refractivity contribution in [3.05, 3.63) is 12.2 Å². The Hall–Kier alpha value is -1.19. The van der Waals surface area contributed by atoms with Crippen molar-refractivity contribution in [1.29, 1.82) is 0 Å². The maximum Gasteiger partial charge on any atom is 0.306 e. The third-order valence-corrected chi connectivity index (χ3v) is 7.85. The summed E-state index contributed by atoms with van der Waals surface area (Å²) < 4.78 is 21.7. The number of aliphatic hydroxyl groups excluding tert-OH is 7. The monoisotopic (exact) mass is 606 g/mol. The van der Waals surface area contributed by atoms with Gasteiger partial charge in [0, 0.05) is 6.42 Å². The number of aliphatic hydroxyl groups is 7. The van der Waals surface area contributed by atoms with Gasteiger partial charge in [-0.25, -0.2) is 0 Å². The van der Waals surface area contributed by atoms with E-state index in [-0.39, 0.29) is 6.42 Å². The van der Waals surface area contributed by atoms with Crippen molar-refractivity contribution in [3.8, 4) is 0 Å². The predicted molar refractivity (Wildman–Crippen MR) is 152 cm³/mol. The normalized spacial score (nSPS) is 33.7. The van der Waals surface area contributed by atoms with E-state index in [2.05, 4.69) is 19.1 Å². The molecule has 2 aliphatic heterocycles. The minimum Gasteiger partial charge on any atom is -0.454 e. The first kappa shape index (κ1) is 37.0. The molecule has 2 heterocycles. The summed E-state index contributed by atoms with van der Waals surface area (Å²) in [6, 6.07) is 0. The molecule has 0 unspecified atom stereocenters. The highest BCUT2D eigenvalue weighted by atomic mass is 16.8. The lowest BCUT2D eigenvalue weighted by atomic mass is 9.98. The Kier molecular flexibility index (Phi) is 18.2. The van der Waals surface area contributed by atoms with Crippen LogP contribution in [0.4, 0.5) is 0 Å². The SMILES string of the molecule is CCCCCCCC/C=C\CCCCCCCC(=O)O[C@H]1[C@@H](O[C@H]2O[C@H](CO)[C@@H](O)[C@H](O)[C@H]2O)O[C@H](CO)[C@@H](O)[C@@H]1O. The maximum absolute atomic E-state index is 12.6. The summed E-state index contributed by atoms with van der Waals surface area (Å²) in [5, 5.41) is 70.2. The Morgan fingerprint density at radius 3 is 1.71 bits per heavy atom. The van der Waals surface area contributed by atoms with Gasteiger partial charge in [0.2, 0.25) is 6.29 Å². The van der Waals surface area contributed by atoms with Crippen molar-refractivity contribution in [2.75, 3.05) is 13.2 Å². The maximum atomic E-state index is 12.6. The second kappa shape index (κ2) is 20.7. The summed E-state index contributed by atoms with van der Waals surface area (Å²) >= 11 is 0. The molecule has 2 fully saturated rings. The molecule has 0 radical (unpaired) electrons. The first-order valence-electron chi connectivity index (χ1n) is 15.7. The van der Waals surface area contributed by atoms with E-state index < -0.39 is 80.6 Å². The number of carbonyl (C=O) groups excluding carboxylic acids is 1. The van der Waals surface area contributed by atoms with E-state index >= 15 is 0 Å². The molecule has 246 valence electrons. The molecule has 0 aromatic rings. The number of unbranched alkanes of at least 4 members (excludes halogenated alkanes) is 11. The number of allylic oxidation sites excluding steroid dienone is 2. The standard InChI is InChI=1S/C30H54O12/c1-2-3-4-5-6-7-8-9-10-11-12-13-14-15-16-17-22(33)41-28-26(37)24(35)21(19-32)40-30(28)42-29-27(38)25(36)23(34)20(18-31)39-29/h9-10,20-21,23-32,34-38H,2-8,11-19H2,1H3/b10-9-/t20-,21-,23-,24-,25+,26+,27-,28-,29-,30-/m1/s1. The van der Waals surface area contributed by atoms with Gasteiger partial charge in [0.05, 0.1) is 13.2 Å². The Labute approximate surface area is 249 Å². The van der Waals surface area contributed by atoms with Crippen molar-refractivity contribution in [3.63, 3.8) is 0 Å². The molecule has 7 N–H and O–H groups in total. The van der Waals surface area contributed by atoms with Crippen molar-refractivity contribution in [1.82, 2.24) is 0 Å². The van der Waals surface area contributed by atoms with Gasteiger partial charge in [-0.05, 0) is 32.1 Å². The molecule has 0 amide bonds. The van der Waals surface area contributed by atoms with E-state index in [1.165, 1.54) is 38.5 Å². The van der Waals surface area contributed by atoms with E-state index in [1.54, 1.807) is 0 Å². The van der Waals surface area contributed by atoms with E-state index in [0.717, 1.165) is 38.5 Å². The number of carbonyl (C=O) groups is 1. The van der Waals surface area contributed by atoms with Crippen LogP contribution in [0, 0.1) is 0 Å². The fraction of sp³-hybridized carbons (Fsp3) is 0.900. The fourth-order valence-electron chi connectivity index (χ4n) is 5.15. The van der Waals surface area contributed by atoms with Gasteiger partial charge in [-0.3, -0.25) is 4.79 Å². The Morgan fingerprint density at radius 2 is 1.14 bits per heavy atom. The topological polar surface area (TPSA) is 196 Å². The molecule has 0 bridgehead atoms. The first-order chi connectivity index (χ1) is 20.2. The molecule has 2 aliphatic rings. The third kappa shape index (κ3) is 12.1. The van der Waals surface area contributed by atoms with Gasteiger partial charge < -0.3 is 54.7 Å². The largest absolute Gasteiger partial charge is 0.454 e. The van der Waals surface area contributed by atoms with Gasteiger partial charge in [0.15, 0.2) is 12.4 Å². The average molecular weight is 607 g/mol. The molecule has 0 saturated carbocycles. The molecule has 0 aromatic carbocycles. The van der Waals surface area contributed by atoms with Crippen LogP contribution in [0.3, 0.4) is 0 Å². The highest BCUT2D eigenvalue weighted by Crippen LogP contribution is 2.30. The highest BCUT2D eigenvalue weighted by molar-refractivity contribution is 5.69. The lowest BCUT2D eigenvalue weighted by Gasteiger charge is -2.45. The fourth-order valence-corrected chi connectivity index (χ4v) is 5.15. The van der Waals surface area contributed by atoms with Crippen LogP contribution in [0.5, 0.6) is 0 Å². The molecular weight excluding hydrogens is 552 g/mol. The van der Waals surface area contributed by atoms with Gasteiger partial charge in [-0.2, -0.15) is 0 Å². The quantitative estimate of drug-likeness (QED) is 0.0595. The molecular formula is C30H54O12. The van der Waals surface area contributed by atoms with Crippen LogP contribution in [0.15, 0.2) is 12.2 Å². The van der Waals surface area contributed by atoms with Crippen molar-refractivity contribution in [2.45, 2.75) is 158 Å². The van der Waals surface area contributed by atoms with Gasteiger partial charge >= 0.3 is 5.97 Å². The van der Waals surface area contributed by atoms with Crippen LogP contribution in [-0.2, 0) is 23.7 Å². The lowest BCUT2D eigenvalue weighted by Crippen LogP contribution is -2.64. The minimum absolute atomic E-state index is 0.0632. The third-order valence-electron chi connectivity index (χ3n) is 7.85. The average Bonchev–Trinajstić information content (AvgIpc) is 2.98. The molecule has 0 aromatic heterocycles. The van der Waals surface area contributed by atoms with Crippen LogP contribution in [-0.4, -0.2) is 116 Å². The molecule has 0 aliphatic carbocycles. The van der Waals surface area contributed by atoms with Crippen LogP contribution in [0.25, 0.3) is 0 Å². The van der Waals surface area contributed by atoms with Gasteiger partial charge in [0.1, 0.15) is 42.7 Å². The summed E-state index contributed by atoms with van der Waals surface area (Å²) in [6.07, 6.45) is 3.35. The molecule has 2 saturated heterocycles. The summed E-state index contributed by atoms with van der Waals surface area (Å²) in [5.41, 5.74) is 0. The summed E-state index contributed by atoms with van der Waals surface area (Å²) in [7, 11) is 0. The Bertz CT molecular complexity index is 750. The summed E-state index contributed by atoms with van der Waals surface area (Å²) in [4.78, 5) is 12.6. The molecule has 12 nitrogen and oxygen atoms in total. The summed E-state index contributed by atoms with van der Waals surface area (Å²) in [5.74, 6) is -0.655. The Balaban J connectivity index is 1.73. The molecule has 12 heteroatoms. The zero-order valence-corrected chi connectivity index (χ0v) is 24.9. The second-order valence-electron chi connectivity index (χ2n) is 11.3. The van der Waals surface area contributed by atoms with E-state index in [1.807, 2.05) is 0 Å². The molecule has 10 atom stereocenters. The highest BCUT2D eigenvalue weighted by Gasteiger charge is 2.51. The van der Waals surface area contributed by atoms with Gasteiger partial charge in [0.25, 0.3) is 0 Å². The van der Waals surface area contributed by atoms with Crippen LogP contribution < -0.4 is 0 Å². The van der Waals surface area contributed by atoms with Gasteiger partial charge in [-0.1, -0.05) is 70.4 Å². The number of rotatable bonds is 20. The zero-order valence-electron chi connectivity index (χ0n) is 24.9. The molecule has 0 spiro atoms. The van der Waals surface area contributed by atoms with Crippen LogP contribution in [0.2, 0.25) is 0 Å². The number of esters is 1. The predicted octanol–water partition coefficient (Wildman–Crippen LogP) is 1.19. The van der Waals surface area contributed by atoms with Gasteiger partial charge in [-0.15, -0.1) is 0 Å². The van der Waals surface area contributed by atoms with E-state index in [0.29, 0.717) is 6.42 Å². The number of hydrogen-bond acceptors (Lipinski definition) is 12. The summed E-state index contributed by atoms with van der Waals surface area (Å²) in [6.45, 7) is 0.845. The molecule has 2 rings (SSSR count). The van der Waals surface area contributed by atoms with Crippen molar-refractivity contribution >= 4 is 5.97 Å². The zero-order chi connectivity index (χ0) is 30.9. The van der Waals surface area contributed by atoms with Crippen molar-refractivity contribution in [2.24, 2.45) is 0 Å². The first-order valence-corrected chi connectivity index (χ1v) is 15.7. The smallest absolute Gasteiger partial charge is 0.306 e. The van der Waals surface area contributed by atoms with Crippen LogP contribution >= 0.6 is 0 Å². The minimum atomic E-state index is -1.77. The van der Waals surface area contributed by atoms with E-state index in [4.69, 9.17) is 18.9 Å². The Morgan fingerprint density at radius 1 is 0.643 bits per heavy atom. The lowest BCUT2D eigenvalue weighted by molar-refractivity contribution is -0.376. The van der Waals surface area contributed by atoms with E-state index in [9.17, 15) is 40.5 Å². The van der Waals surface area contributed by atoms with Crippen molar-refractivity contribution < 1.29 is 59.5 Å². The number of ether oxygens (including phenoxy) is 4. The second-order valence-corrected chi connectivity index (χ2v) is 11.3.